The van der Waals surface area contributed by atoms with Crippen LogP contribution in [-0.4, -0.2) is 46.7 Å². The Morgan fingerprint density at radius 1 is 1.44 bits per heavy atom. The predicted molar refractivity (Wildman–Crippen MR) is 103 cm³/mol. The number of nitrogens with zero attached hydrogens (tertiary/aromatic N) is 3. The molecule has 1 aliphatic heterocycles. The maximum atomic E-state index is 12.8. The third kappa shape index (κ3) is 3.58. The van der Waals surface area contributed by atoms with Gasteiger partial charge in [-0.2, -0.15) is 5.10 Å². The second-order valence-corrected chi connectivity index (χ2v) is 6.61. The van der Waals surface area contributed by atoms with E-state index in [0.29, 0.717) is 24.7 Å². The fourth-order valence-electron chi connectivity index (χ4n) is 3.47. The van der Waals surface area contributed by atoms with Crippen molar-refractivity contribution < 1.29 is 14.3 Å². The van der Waals surface area contributed by atoms with Gasteiger partial charge in [0.1, 0.15) is 11.6 Å². The standard InChI is InChI=1S/C20H24N4O3/c1-5-10-24-12-14(11-17(24)25)20(26)21-19-18(13(2)22-23(19)3)15-8-6-7-9-16(15)27-4/h5-9,14H,1,10-12H2,2-4H3,(H,21,26). The van der Waals surface area contributed by atoms with Gasteiger partial charge in [0, 0.05) is 32.1 Å². The van der Waals surface area contributed by atoms with Gasteiger partial charge < -0.3 is 15.0 Å². The van der Waals surface area contributed by atoms with E-state index in [-0.39, 0.29) is 18.2 Å². The van der Waals surface area contributed by atoms with Gasteiger partial charge >= 0.3 is 0 Å². The van der Waals surface area contributed by atoms with E-state index in [1.165, 1.54) is 0 Å². The zero-order valence-corrected chi connectivity index (χ0v) is 15.9. The fraction of sp³-hybridized carbons (Fsp3) is 0.350. The number of hydrogen-bond donors (Lipinski definition) is 1. The van der Waals surface area contributed by atoms with Crippen molar-refractivity contribution >= 4 is 17.6 Å². The first kappa shape index (κ1) is 18.7. The number of para-hydroxylation sites is 1. The number of methoxy groups -OCH3 is 1. The van der Waals surface area contributed by atoms with Gasteiger partial charge in [-0.15, -0.1) is 6.58 Å². The summed E-state index contributed by atoms with van der Waals surface area (Å²) in [5.41, 5.74) is 2.46. The lowest BCUT2D eigenvalue weighted by molar-refractivity contribution is -0.127. The lowest BCUT2D eigenvalue weighted by atomic mass is 10.0. The predicted octanol–water partition coefficient (Wildman–Crippen LogP) is 2.38. The van der Waals surface area contributed by atoms with Crippen molar-refractivity contribution in [1.29, 1.82) is 0 Å². The lowest BCUT2D eigenvalue weighted by Gasteiger charge is -2.15. The Kier molecular flexibility index (Phi) is 5.30. The molecule has 1 aliphatic rings. The number of anilines is 1. The van der Waals surface area contributed by atoms with Crippen LogP contribution in [0.5, 0.6) is 5.75 Å². The summed E-state index contributed by atoms with van der Waals surface area (Å²) in [6.07, 6.45) is 1.88. The first-order valence-electron chi connectivity index (χ1n) is 8.82. The summed E-state index contributed by atoms with van der Waals surface area (Å²) in [4.78, 5) is 26.5. The number of rotatable bonds is 6. The van der Waals surface area contributed by atoms with Gasteiger partial charge in [0.05, 0.1) is 24.3 Å². The van der Waals surface area contributed by atoms with E-state index in [2.05, 4.69) is 17.0 Å². The van der Waals surface area contributed by atoms with Crippen LogP contribution in [0.1, 0.15) is 12.1 Å². The average molecular weight is 368 g/mol. The van der Waals surface area contributed by atoms with E-state index in [4.69, 9.17) is 4.74 Å². The third-order valence-electron chi connectivity index (χ3n) is 4.77. The Balaban J connectivity index is 1.89. The minimum atomic E-state index is -0.391. The first-order valence-corrected chi connectivity index (χ1v) is 8.82. The minimum Gasteiger partial charge on any atom is -0.496 e. The zero-order valence-electron chi connectivity index (χ0n) is 15.9. The molecule has 1 aromatic heterocycles. The van der Waals surface area contributed by atoms with E-state index >= 15 is 0 Å². The molecule has 1 N–H and O–H groups in total. The number of aromatic nitrogens is 2. The van der Waals surface area contributed by atoms with Gasteiger partial charge in [0.15, 0.2) is 0 Å². The number of aryl methyl sites for hydroxylation is 2. The molecular formula is C20H24N4O3. The Hall–Kier alpha value is -3.09. The molecule has 0 saturated carbocycles. The monoisotopic (exact) mass is 368 g/mol. The average Bonchev–Trinajstić information content (AvgIpc) is 3.15. The number of ether oxygens (including phenoxy) is 1. The lowest BCUT2D eigenvalue weighted by Crippen LogP contribution is -2.29. The summed E-state index contributed by atoms with van der Waals surface area (Å²) in [6.45, 7) is 6.40. The number of hydrogen-bond acceptors (Lipinski definition) is 4. The molecule has 142 valence electrons. The molecule has 1 saturated heterocycles. The molecule has 1 unspecified atom stereocenters. The van der Waals surface area contributed by atoms with Crippen molar-refractivity contribution in [2.75, 3.05) is 25.5 Å². The van der Waals surface area contributed by atoms with Crippen molar-refractivity contribution in [3.05, 3.63) is 42.6 Å². The number of carbonyl (C=O) groups excluding carboxylic acids is 2. The quantitative estimate of drug-likeness (QED) is 0.794. The van der Waals surface area contributed by atoms with Crippen LogP contribution in [0.25, 0.3) is 11.1 Å². The molecule has 2 aromatic rings. The van der Waals surface area contributed by atoms with Crippen LogP contribution in [0.15, 0.2) is 36.9 Å². The van der Waals surface area contributed by atoms with Crippen LogP contribution in [0.2, 0.25) is 0 Å². The number of nitrogens with one attached hydrogen (secondary N) is 1. The highest BCUT2D eigenvalue weighted by Crippen LogP contribution is 2.37. The molecule has 27 heavy (non-hydrogen) atoms. The molecule has 1 aromatic carbocycles. The van der Waals surface area contributed by atoms with Gasteiger partial charge in [-0.3, -0.25) is 14.3 Å². The summed E-state index contributed by atoms with van der Waals surface area (Å²) in [6, 6.07) is 7.61. The normalized spacial score (nSPS) is 16.5. The number of benzene rings is 1. The highest BCUT2D eigenvalue weighted by Gasteiger charge is 2.34. The molecule has 0 spiro atoms. The van der Waals surface area contributed by atoms with Crippen LogP contribution in [0.4, 0.5) is 5.82 Å². The highest BCUT2D eigenvalue weighted by atomic mass is 16.5. The van der Waals surface area contributed by atoms with Gasteiger partial charge in [0.25, 0.3) is 0 Å². The van der Waals surface area contributed by atoms with Crippen molar-refractivity contribution in [2.45, 2.75) is 13.3 Å². The van der Waals surface area contributed by atoms with Crippen LogP contribution < -0.4 is 10.1 Å². The largest absolute Gasteiger partial charge is 0.496 e. The summed E-state index contributed by atoms with van der Waals surface area (Å²) in [5.74, 6) is 0.697. The van der Waals surface area contributed by atoms with Crippen molar-refractivity contribution in [2.24, 2.45) is 13.0 Å². The first-order chi connectivity index (χ1) is 13.0. The van der Waals surface area contributed by atoms with E-state index in [1.807, 2.05) is 31.2 Å². The highest BCUT2D eigenvalue weighted by molar-refractivity contribution is 6.00. The van der Waals surface area contributed by atoms with E-state index in [1.54, 1.807) is 29.8 Å². The second kappa shape index (κ2) is 7.65. The smallest absolute Gasteiger partial charge is 0.230 e. The molecule has 0 aliphatic carbocycles. The van der Waals surface area contributed by atoms with Crippen LogP contribution >= 0.6 is 0 Å². The van der Waals surface area contributed by atoms with E-state index < -0.39 is 5.92 Å². The third-order valence-corrected chi connectivity index (χ3v) is 4.77. The Morgan fingerprint density at radius 3 is 2.89 bits per heavy atom. The molecule has 1 fully saturated rings. The van der Waals surface area contributed by atoms with Crippen LogP contribution in [0, 0.1) is 12.8 Å². The van der Waals surface area contributed by atoms with Crippen LogP contribution in [-0.2, 0) is 16.6 Å². The fourth-order valence-corrected chi connectivity index (χ4v) is 3.47. The minimum absolute atomic E-state index is 0.0267. The molecule has 2 heterocycles. The summed E-state index contributed by atoms with van der Waals surface area (Å²) >= 11 is 0. The SMILES string of the molecule is C=CCN1CC(C(=O)Nc2c(-c3ccccc3OC)c(C)nn2C)CC1=O. The maximum absolute atomic E-state index is 12.8. The summed E-state index contributed by atoms with van der Waals surface area (Å²) < 4.78 is 7.11. The zero-order chi connectivity index (χ0) is 19.6. The molecule has 7 nitrogen and oxygen atoms in total. The molecule has 0 bridgehead atoms. The van der Waals surface area contributed by atoms with Gasteiger partial charge in [0.2, 0.25) is 11.8 Å². The van der Waals surface area contributed by atoms with Gasteiger partial charge in [-0.25, -0.2) is 0 Å². The summed E-state index contributed by atoms with van der Waals surface area (Å²) in [5, 5.41) is 7.43. The Bertz CT molecular complexity index is 887. The van der Waals surface area contributed by atoms with E-state index in [0.717, 1.165) is 16.8 Å². The number of amides is 2. The molecule has 1 atom stereocenters. The molecule has 2 amide bonds. The van der Waals surface area contributed by atoms with Crippen LogP contribution in [0.3, 0.4) is 0 Å². The molecule has 7 heteroatoms. The topological polar surface area (TPSA) is 76.5 Å². The second-order valence-electron chi connectivity index (χ2n) is 6.61. The summed E-state index contributed by atoms with van der Waals surface area (Å²) in [7, 11) is 3.40. The van der Waals surface area contributed by atoms with Crippen molar-refractivity contribution in [3.8, 4) is 16.9 Å². The number of likely N-dealkylation sites (tertiary alicyclic amines) is 1. The van der Waals surface area contributed by atoms with Crippen molar-refractivity contribution in [3.63, 3.8) is 0 Å². The molecule has 3 rings (SSSR count). The van der Waals surface area contributed by atoms with E-state index in [9.17, 15) is 9.59 Å². The Morgan fingerprint density at radius 2 is 2.19 bits per heavy atom. The van der Waals surface area contributed by atoms with Gasteiger partial charge in [-0.05, 0) is 13.0 Å². The maximum Gasteiger partial charge on any atom is 0.230 e. The Labute approximate surface area is 158 Å². The van der Waals surface area contributed by atoms with Gasteiger partial charge in [-0.1, -0.05) is 24.3 Å². The molecular weight excluding hydrogens is 344 g/mol. The molecule has 0 radical (unpaired) electrons. The number of carbonyl (C=O) groups is 2. The van der Waals surface area contributed by atoms with Crippen molar-refractivity contribution in [1.82, 2.24) is 14.7 Å².